The van der Waals surface area contributed by atoms with Crippen LogP contribution >= 0.6 is 0 Å². The number of rotatable bonds is 10. The normalized spacial score (nSPS) is 13.1. The van der Waals surface area contributed by atoms with E-state index in [0.29, 0.717) is 25.8 Å². The summed E-state index contributed by atoms with van der Waals surface area (Å²) in [5.41, 5.74) is 4.56. The number of ether oxygens (including phenoxy) is 1. The smallest absolute Gasteiger partial charge is 0.407 e. The first-order valence-corrected chi connectivity index (χ1v) is 10.6. The zero-order valence-electron chi connectivity index (χ0n) is 17.6. The van der Waals surface area contributed by atoms with Gasteiger partial charge < -0.3 is 20.5 Å². The van der Waals surface area contributed by atoms with Crippen LogP contribution in [0.1, 0.15) is 49.7 Å². The fourth-order valence-corrected chi connectivity index (χ4v) is 3.87. The van der Waals surface area contributed by atoms with Crippen molar-refractivity contribution in [3.05, 3.63) is 59.7 Å². The Kier molecular flexibility index (Phi) is 7.65. The number of carboxylic acid groups (broad SMARTS) is 1. The lowest BCUT2D eigenvalue weighted by Gasteiger charge is -2.18. The van der Waals surface area contributed by atoms with Crippen molar-refractivity contribution in [1.29, 1.82) is 0 Å². The number of carboxylic acids is 1. The van der Waals surface area contributed by atoms with Crippen molar-refractivity contribution in [2.75, 3.05) is 13.2 Å². The second-order valence-electron chi connectivity index (χ2n) is 7.57. The van der Waals surface area contributed by atoms with Crippen LogP contribution in [0.3, 0.4) is 0 Å². The molecule has 1 aliphatic rings. The highest BCUT2D eigenvalue weighted by atomic mass is 16.5. The Balaban J connectivity index is 1.51. The number of nitrogens with one attached hydrogen (secondary N) is 2. The first-order valence-electron chi connectivity index (χ1n) is 10.6. The van der Waals surface area contributed by atoms with Crippen LogP contribution in [-0.2, 0) is 14.3 Å². The van der Waals surface area contributed by atoms with E-state index in [1.54, 1.807) is 6.92 Å². The third-order valence-corrected chi connectivity index (χ3v) is 5.48. The molecule has 0 bridgehead atoms. The van der Waals surface area contributed by atoms with Crippen molar-refractivity contribution in [3.63, 3.8) is 0 Å². The minimum Gasteiger partial charge on any atom is -0.481 e. The zero-order chi connectivity index (χ0) is 22.2. The quantitative estimate of drug-likeness (QED) is 0.505. The molecule has 0 aliphatic heterocycles. The Morgan fingerprint density at radius 1 is 1.00 bits per heavy atom. The lowest BCUT2D eigenvalue weighted by atomic mass is 9.98. The summed E-state index contributed by atoms with van der Waals surface area (Å²) in [6.45, 7) is 2.36. The lowest BCUT2D eigenvalue weighted by molar-refractivity contribution is -0.137. The number of carbonyl (C=O) groups excluding carboxylic acids is 2. The first kappa shape index (κ1) is 22.3. The van der Waals surface area contributed by atoms with E-state index < -0.39 is 18.1 Å². The number of unbranched alkanes of at least 4 members (excludes halogenated alkanes) is 1. The number of hydrogen-bond acceptors (Lipinski definition) is 4. The van der Waals surface area contributed by atoms with Crippen molar-refractivity contribution >= 4 is 18.0 Å². The van der Waals surface area contributed by atoms with E-state index in [-0.39, 0.29) is 24.9 Å². The van der Waals surface area contributed by atoms with Crippen LogP contribution in [0.4, 0.5) is 4.79 Å². The molecule has 31 heavy (non-hydrogen) atoms. The van der Waals surface area contributed by atoms with Gasteiger partial charge in [-0.25, -0.2) is 4.79 Å². The molecule has 164 valence electrons. The Morgan fingerprint density at radius 3 is 2.19 bits per heavy atom. The summed E-state index contributed by atoms with van der Waals surface area (Å²) in [5, 5.41) is 14.0. The minimum atomic E-state index is -0.852. The predicted molar refractivity (Wildman–Crippen MR) is 117 cm³/mol. The molecule has 3 rings (SSSR count). The van der Waals surface area contributed by atoms with Crippen molar-refractivity contribution in [2.45, 2.75) is 44.6 Å². The molecule has 7 heteroatoms. The maximum Gasteiger partial charge on any atom is 0.407 e. The van der Waals surface area contributed by atoms with Gasteiger partial charge in [0.2, 0.25) is 5.91 Å². The number of benzene rings is 2. The molecule has 1 atom stereocenters. The summed E-state index contributed by atoms with van der Waals surface area (Å²) < 4.78 is 5.50. The number of carbonyl (C=O) groups is 3. The lowest BCUT2D eigenvalue weighted by Crippen LogP contribution is -2.46. The molecular weight excluding hydrogens is 396 g/mol. The number of hydrogen-bond donors (Lipinski definition) is 3. The van der Waals surface area contributed by atoms with Crippen LogP contribution in [0, 0.1) is 0 Å². The van der Waals surface area contributed by atoms with Crippen molar-refractivity contribution in [2.24, 2.45) is 0 Å². The first-order chi connectivity index (χ1) is 15.0. The van der Waals surface area contributed by atoms with E-state index in [1.807, 2.05) is 36.4 Å². The van der Waals surface area contributed by atoms with E-state index in [4.69, 9.17) is 9.84 Å². The largest absolute Gasteiger partial charge is 0.481 e. The molecule has 3 N–H and O–H groups in total. The molecule has 0 radical (unpaired) electrons. The maximum absolute atomic E-state index is 12.4. The molecule has 0 heterocycles. The SMILES string of the molecule is CC[C@@H](NC(=O)OCC1c2ccccc2-c2ccccc21)C(=O)NCCCCC(=O)O. The summed E-state index contributed by atoms with van der Waals surface area (Å²) >= 11 is 0. The van der Waals surface area contributed by atoms with Gasteiger partial charge in [0.25, 0.3) is 0 Å². The van der Waals surface area contributed by atoms with Gasteiger partial charge in [-0.1, -0.05) is 55.5 Å². The van der Waals surface area contributed by atoms with Crippen LogP contribution in [0.2, 0.25) is 0 Å². The molecule has 0 spiro atoms. The van der Waals surface area contributed by atoms with Gasteiger partial charge in [0.05, 0.1) is 0 Å². The summed E-state index contributed by atoms with van der Waals surface area (Å²) in [6.07, 6.45) is 0.928. The molecule has 2 amide bonds. The topological polar surface area (TPSA) is 105 Å². The maximum atomic E-state index is 12.4. The monoisotopic (exact) mass is 424 g/mol. The summed E-state index contributed by atoms with van der Waals surface area (Å²) in [4.78, 5) is 35.2. The molecule has 0 unspecified atom stereocenters. The predicted octanol–water partition coefficient (Wildman–Crippen LogP) is 3.67. The Labute approximate surface area is 181 Å². The zero-order valence-corrected chi connectivity index (χ0v) is 17.6. The van der Waals surface area contributed by atoms with Crippen LogP contribution < -0.4 is 10.6 Å². The third kappa shape index (κ3) is 5.63. The Bertz CT molecular complexity index is 898. The average Bonchev–Trinajstić information content (AvgIpc) is 3.09. The summed E-state index contributed by atoms with van der Waals surface area (Å²) in [5.74, 6) is -1.19. The van der Waals surface area contributed by atoms with Crippen LogP contribution in [-0.4, -0.2) is 42.3 Å². The number of aliphatic carboxylic acids is 1. The van der Waals surface area contributed by atoms with Crippen molar-refractivity contribution in [3.8, 4) is 11.1 Å². The van der Waals surface area contributed by atoms with Gasteiger partial charge in [-0.15, -0.1) is 0 Å². The van der Waals surface area contributed by atoms with E-state index in [1.165, 1.54) is 0 Å². The van der Waals surface area contributed by atoms with Crippen LogP contribution in [0.5, 0.6) is 0 Å². The molecular formula is C24H28N2O5. The van der Waals surface area contributed by atoms with Gasteiger partial charge in [0, 0.05) is 18.9 Å². The number of fused-ring (bicyclic) bond motifs is 3. The minimum absolute atomic E-state index is 0.0405. The second-order valence-corrected chi connectivity index (χ2v) is 7.57. The standard InChI is InChI=1S/C24H28N2O5/c1-2-21(23(29)25-14-8-7-13-22(27)28)26-24(30)31-15-20-18-11-5-3-9-16(18)17-10-4-6-12-19(17)20/h3-6,9-12,20-21H,2,7-8,13-15H2,1H3,(H,25,29)(H,26,30)(H,27,28)/t21-/m1/s1. The average molecular weight is 424 g/mol. The molecule has 0 saturated carbocycles. The number of amides is 2. The van der Waals surface area contributed by atoms with Gasteiger partial charge in [0.15, 0.2) is 0 Å². The van der Waals surface area contributed by atoms with Crippen LogP contribution in [0.15, 0.2) is 48.5 Å². The van der Waals surface area contributed by atoms with Crippen LogP contribution in [0.25, 0.3) is 11.1 Å². The van der Waals surface area contributed by atoms with E-state index >= 15 is 0 Å². The summed E-state index contributed by atoms with van der Waals surface area (Å²) in [7, 11) is 0. The second kappa shape index (κ2) is 10.6. The fourth-order valence-electron chi connectivity index (χ4n) is 3.87. The highest BCUT2D eigenvalue weighted by Crippen LogP contribution is 2.44. The van der Waals surface area contributed by atoms with Gasteiger partial charge in [0.1, 0.15) is 12.6 Å². The van der Waals surface area contributed by atoms with Crippen molar-refractivity contribution < 1.29 is 24.2 Å². The van der Waals surface area contributed by atoms with Gasteiger partial charge in [-0.3, -0.25) is 9.59 Å². The fraction of sp³-hybridized carbons (Fsp3) is 0.375. The van der Waals surface area contributed by atoms with Gasteiger partial charge >= 0.3 is 12.1 Å². The van der Waals surface area contributed by atoms with Gasteiger partial charge in [-0.2, -0.15) is 0 Å². The highest BCUT2D eigenvalue weighted by molar-refractivity contribution is 5.85. The van der Waals surface area contributed by atoms with E-state index in [9.17, 15) is 14.4 Å². The third-order valence-electron chi connectivity index (χ3n) is 5.48. The molecule has 0 fully saturated rings. The van der Waals surface area contributed by atoms with Crippen molar-refractivity contribution in [1.82, 2.24) is 10.6 Å². The highest BCUT2D eigenvalue weighted by Gasteiger charge is 2.29. The number of alkyl carbamates (subject to hydrolysis) is 1. The van der Waals surface area contributed by atoms with E-state index in [2.05, 4.69) is 22.8 Å². The van der Waals surface area contributed by atoms with E-state index in [0.717, 1.165) is 22.3 Å². The summed E-state index contributed by atoms with van der Waals surface area (Å²) in [6, 6.07) is 15.5. The molecule has 7 nitrogen and oxygen atoms in total. The Hall–Kier alpha value is -3.35. The van der Waals surface area contributed by atoms with Gasteiger partial charge in [-0.05, 0) is 41.5 Å². The molecule has 2 aromatic carbocycles. The molecule has 1 aliphatic carbocycles. The molecule has 0 saturated heterocycles. The Morgan fingerprint density at radius 2 is 1.61 bits per heavy atom. The molecule has 2 aromatic rings. The molecule has 0 aromatic heterocycles.